The van der Waals surface area contributed by atoms with Gasteiger partial charge >= 0.3 is 5.97 Å². The Morgan fingerprint density at radius 3 is 2.55 bits per heavy atom. The summed E-state index contributed by atoms with van der Waals surface area (Å²) in [6, 6.07) is 6.66. The minimum Gasteiger partial charge on any atom is -0.482 e. The van der Waals surface area contributed by atoms with Gasteiger partial charge in [-0.3, -0.25) is 4.79 Å². The summed E-state index contributed by atoms with van der Waals surface area (Å²) in [5, 5.41) is 3.20. The number of carbonyl (C=O) groups is 2. The molecule has 1 aromatic rings. The van der Waals surface area contributed by atoms with Gasteiger partial charge < -0.3 is 14.8 Å². The second-order valence-corrected chi connectivity index (χ2v) is 5.64. The van der Waals surface area contributed by atoms with Crippen LogP contribution in [0.3, 0.4) is 0 Å². The molecule has 0 aliphatic rings. The highest BCUT2D eigenvalue weighted by Gasteiger charge is 2.15. The van der Waals surface area contributed by atoms with E-state index in [1.165, 1.54) is 0 Å². The number of amides is 1. The first kappa shape index (κ1) is 16.3. The largest absolute Gasteiger partial charge is 0.482 e. The van der Waals surface area contributed by atoms with E-state index in [1.807, 2.05) is 20.8 Å². The van der Waals surface area contributed by atoms with Crippen molar-refractivity contribution in [3.63, 3.8) is 0 Å². The third kappa shape index (κ3) is 6.99. The van der Waals surface area contributed by atoms with E-state index in [9.17, 15) is 9.59 Å². The fraction of sp³-hybridized carbons (Fsp3) is 0.429. The zero-order valence-electron chi connectivity index (χ0n) is 11.7. The van der Waals surface area contributed by atoms with Crippen molar-refractivity contribution in [1.29, 1.82) is 0 Å². The molecule has 0 fully saturated rings. The van der Waals surface area contributed by atoms with E-state index >= 15 is 0 Å². The van der Waals surface area contributed by atoms with Crippen LogP contribution in [0.5, 0.6) is 5.75 Å². The fourth-order valence-corrected chi connectivity index (χ4v) is 1.52. The van der Waals surface area contributed by atoms with E-state index < -0.39 is 5.97 Å². The maximum Gasteiger partial charge on any atom is 0.344 e. The summed E-state index contributed by atoms with van der Waals surface area (Å²) in [4.78, 5) is 22.8. The number of esters is 1. The predicted molar refractivity (Wildman–Crippen MR) is 75.8 cm³/mol. The molecule has 20 heavy (non-hydrogen) atoms. The average Bonchev–Trinajstić information content (AvgIpc) is 2.32. The molecule has 1 rings (SSSR count). The first-order chi connectivity index (χ1) is 9.26. The Hall–Kier alpha value is -1.75. The van der Waals surface area contributed by atoms with Crippen LogP contribution >= 0.6 is 11.6 Å². The highest BCUT2D eigenvalue weighted by atomic mass is 35.5. The van der Waals surface area contributed by atoms with Crippen LogP contribution in [0.25, 0.3) is 0 Å². The maximum atomic E-state index is 11.4. The zero-order valence-corrected chi connectivity index (χ0v) is 12.5. The van der Waals surface area contributed by atoms with Crippen LogP contribution < -0.4 is 10.1 Å². The predicted octanol–water partition coefficient (Wildman–Crippen LogP) is 2.18. The van der Waals surface area contributed by atoms with Gasteiger partial charge in [-0.2, -0.15) is 0 Å². The van der Waals surface area contributed by atoms with E-state index in [4.69, 9.17) is 21.1 Å². The van der Waals surface area contributed by atoms with Crippen molar-refractivity contribution < 1.29 is 19.1 Å². The first-order valence-corrected chi connectivity index (χ1v) is 6.49. The first-order valence-electron chi connectivity index (χ1n) is 6.11. The van der Waals surface area contributed by atoms with Gasteiger partial charge in [-0.25, -0.2) is 4.79 Å². The molecule has 0 atom stereocenters. The van der Waals surface area contributed by atoms with E-state index in [-0.39, 0.29) is 24.7 Å². The van der Waals surface area contributed by atoms with Crippen molar-refractivity contribution in [2.24, 2.45) is 0 Å². The van der Waals surface area contributed by atoms with Crippen LogP contribution in [0.1, 0.15) is 20.8 Å². The lowest BCUT2D eigenvalue weighted by Crippen LogP contribution is -2.43. The van der Waals surface area contributed by atoms with Crippen molar-refractivity contribution in [3.8, 4) is 5.75 Å². The number of nitrogens with one attached hydrogen (secondary N) is 1. The normalized spacial score (nSPS) is 10.8. The van der Waals surface area contributed by atoms with Crippen molar-refractivity contribution in [1.82, 2.24) is 5.32 Å². The number of hydrogen-bond acceptors (Lipinski definition) is 4. The molecule has 0 heterocycles. The molecular formula is C14H18ClNO4. The Morgan fingerprint density at radius 1 is 1.25 bits per heavy atom. The third-order valence-corrected chi connectivity index (χ3v) is 2.27. The molecule has 1 amide bonds. The Labute approximate surface area is 123 Å². The maximum absolute atomic E-state index is 11.4. The van der Waals surface area contributed by atoms with Crippen LogP contribution in [-0.2, 0) is 14.3 Å². The van der Waals surface area contributed by atoms with Crippen molar-refractivity contribution in [2.45, 2.75) is 26.3 Å². The fourth-order valence-electron chi connectivity index (χ4n) is 1.34. The molecule has 0 radical (unpaired) electrons. The Kier molecular flexibility index (Phi) is 5.82. The van der Waals surface area contributed by atoms with Crippen LogP contribution in [-0.4, -0.2) is 30.6 Å². The summed E-state index contributed by atoms with van der Waals surface area (Å²) in [6.45, 7) is 4.93. The lowest BCUT2D eigenvalue weighted by molar-refractivity contribution is -0.150. The van der Waals surface area contributed by atoms with E-state index in [0.29, 0.717) is 10.8 Å². The number of benzene rings is 1. The highest BCUT2D eigenvalue weighted by Crippen LogP contribution is 2.16. The second kappa shape index (κ2) is 7.14. The topological polar surface area (TPSA) is 64.6 Å². The quantitative estimate of drug-likeness (QED) is 0.846. The molecule has 1 aromatic carbocycles. The molecule has 0 unspecified atom stereocenters. The SMILES string of the molecule is CC(C)(C)NC(=O)COC(=O)COc1cccc(Cl)c1. The van der Waals surface area contributed by atoms with Crippen LogP contribution in [0.15, 0.2) is 24.3 Å². The zero-order chi connectivity index (χ0) is 15.2. The molecule has 0 saturated carbocycles. The molecule has 5 nitrogen and oxygen atoms in total. The summed E-state index contributed by atoms with van der Waals surface area (Å²) < 4.78 is 9.98. The number of ether oxygens (including phenoxy) is 2. The number of carbonyl (C=O) groups excluding carboxylic acids is 2. The molecule has 0 spiro atoms. The van der Waals surface area contributed by atoms with Gasteiger partial charge in [0.15, 0.2) is 13.2 Å². The number of halogens is 1. The van der Waals surface area contributed by atoms with Crippen LogP contribution in [0, 0.1) is 0 Å². The minimum atomic E-state index is -0.617. The van der Waals surface area contributed by atoms with Crippen molar-refractivity contribution >= 4 is 23.5 Å². The summed E-state index contributed by atoms with van der Waals surface area (Å²) in [6.07, 6.45) is 0. The van der Waals surface area contributed by atoms with Gasteiger partial charge in [-0.05, 0) is 39.0 Å². The van der Waals surface area contributed by atoms with Crippen molar-refractivity contribution in [2.75, 3.05) is 13.2 Å². The lowest BCUT2D eigenvalue weighted by atomic mass is 10.1. The van der Waals surface area contributed by atoms with E-state index in [0.717, 1.165) is 0 Å². The smallest absolute Gasteiger partial charge is 0.344 e. The Bertz CT molecular complexity index is 482. The van der Waals surface area contributed by atoms with Gasteiger partial charge in [0.25, 0.3) is 5.91 Å². The van der Waals surface area contributed by atoms with Gasteiger partial charge in [0, 0.05) is 10.6 Å². The Balaban J connectivity index is 2.29. The summed E-state index contributed by atoms with van der Waals surface area (Å²) in [7, 11) is 0. The molecule has 1 N–H and O–H groups in total. The molecule has 110 valence electrons. The molecule has 0 aromatic heterocycles. The van der Waals surface area contributed by atoms with Gasteiger partial charge in [0.1, 0.15) is 5.75 Å². The lowest BCUT2D eigenvalue weighted by Gasteiger charge is -2.20. The minimum absolute atomic E-state index is 0.275. The molecule has 0 bridgehead atoms. The molecule has 0 aliphatic carbocycles. The van der Waals surface area contributed by atoms with Gasteiger partial charge in [-0.1, -0.05) is 17.7 Å². The average molecular weight is 300 g/mol. The summed E-state index contributed by atoms with van der Waals surface area (Å²) in [5.74, 6) is -0.503. The van der Waals surface area contributed by atoms with E-state index in [1.54, 1.807) is 24.3 Å². The van der Waals surface area contributed by atoms with Gasteiger partial charge in [0.2, 0.25) is 0 Å². The Morgan fingerprint density at radius 2 is 1.95 bits per heavy atom. The van der Waals surface area contributed by atoms with Crippen LogP contribution in [0.4, 0.5) is 0 Å². The number of hydrogen-bond donors (Lipinski definition) is 1. The second-order valence-electron chi connectivity index (χ2n) is 5.20. The third-order valence-electron chi connectivity index (χ3n) is 2.03. The van der Waals surface area contributed by atoms with Crippen LogP contribution in [0.2, 0.25) is 5.02 Å². The standard InChI is InChI=1S/C14H18ClNO4/c1-14(2,3)16-12(17)8-20-13(18)9-19-11-6-4-5-10(15)7-11/h4-7H,8-9H2,1-3H3,(H,16,17). The highest BCUT2D eigenvalue weighted by molar-refractivity contribution is 6.30. The van der Waals surface area contributed by atoms with Gasteiger partial charge in [0.05, 0.1) is 0 Å². The van der Waals surface area contributed by atoms with Gasteiger partial charge in [-0.15, -0.1) is 0 Å². The molecule has 0 saturated heterocycles. The van der Waals surface area contributed by atoms with E-state index in [2.05, 4.69) is 5.32 Å². The summed E-state index contributed by atoms with van der Waals surface area (Å²) in [5.41, 5.74) is -0.360. The monoisotopic (exact) mass is 299 g/mol. The summed E-state index contributed by atoms with van der Waals surface area (Å²) >= 11 is 5.78. The molecular weight excluding hydrogens is 282 g/mol. The molecule has 6 heteroatoms. The van der Waals surface area contributed by atoms with Crippen molar-refractivity contribution in [3.05, 3.63) is 29.3 Å². The number of rotatable bonds is 5. The molecule has 0 aliphatic heterocycles.